The number of sulfonamides is 1. The van der Waals surface area contributed by atoms with Gasteiger partial charge in [0.15, 0.2) is 0 Å². The van der Waals surface area contributed by atoms with Gasteiger partial charge in [-0.2, -0.15) is 0 Å². The van der Waals surface area contributed by atoms with Crippen LogP contribution < -0.4 is 34.7 Å². The largest absolute Gasteiger partial charge is 1.00 e. The number of primary sulfonamides is 1. The molecule has 1 aromatic rings. The third-order valence-corrected chi connectivity index (χ3v) is 1.57. The molecule has 0 aliphatic carbocycles. The molecule has 4 nitrogen and oxygen atoms in total. The molecule has 0 unspecified atom stereocenters. The van der Waals surface area contributed by atoms with Crippen LogP contribution in [0.5, 0.6) is 0 Å². The Kier molecular flexibility index (Phi) is 3.61. The van der Waals surface area contributed by atoms with Crippen LogP contribution in [-0.2, 0) is 10.0 Å². The summed E-state index contributed by atoms with van der Waals surface area (Å²) in [6.45, 7) is 0. The molecule has 0 aromatic carbocycles. The first kappa shape index (κ1) is 10.2. The standard InChI is InChI=1S/C4H5NO3S.Na.H/c5-9(6,7)4-2-1-3-8-4;;/h1-3H,(H2,5,6,7);;/q;+1;-1. The molecule has 0 aliphatic rings. The zero-order valence-corrected chi connectivity index (χ0v) is 8.26. The minimum Gasteiger partial charge on any atom is -1.00 e. The quantitative estimate of drug-likeness (QED) is 0.459. The van der Waals surface area contributed by atoms with Crippen LogP contribution in [0.15, 0.2) is 27.9 Å². The molecule has 0 radical (unpaired) electrons. The van der Waals surface area contributed by atoms with Crippen LogP contribution in [0.4, 0.5) is 0 Å². The summed E-state index contributed by atoms with van der Waals surface area (Å²) in [5.41, 5.74) is 0. The molecule has 0 saturated carbocycles. The van der Waals surface area contributed by atoms with E-state index in [4.69, 9.17) is 0 Å². The summed E-state index contributed by atoms with van der Waals surface area (Å²) in [6, 6.07) is 2.75. The Morgan fingerprint density at radius 2 is 2.20 bits per heavy atom. The van der Waals surface area contributed by atoms with Crippen molar-refractivity contribution in [3.05, 3.63) is 18.4 Å². The van der Waals surface area contributed by atoms with Crippen molar-refractivity contribution in [3.63, 3.8) is 0 Å². The van der Waals surface area contributed by atoms with E-state index in [0.29, 0.717) is 0 Å². The second-order valence-electron chi connectivity index (χ2n) is 1.48. The van der Waals surface area contributed by atoms with Crippen LogP contribution in [0, 0.1) is 0 Å². The van der Waals surface area contributed by atoms with Crippen molar-refractivity contribution in [2.24, 2.45) is 5.14 Å². The van der Waals surface area contributed by atoms with E-state index >= 15 is 0 Å². The maximum absolute atomic E-state index is 10.4. The van der Waals surface area contributed by atoms with Crippen LogP contribution in [0.1, 0.15) is 1.43 Å². The monoisotopic (exact) mass is 171 g/mol. The van der Waals surface area contributed by atoms with Gasteiger partial charge in [0.2, 0.25) is 5.09 Å². The molecular weight excluding hydrogens is 165 g/mol. The first-order chi connectivity index (χ1) is 4.11. The molecule has 52 valence electrons. The van der Waals surface area contributed by atoms with E-state index in [0.717, 1.165) is 0 Å². The first-order valence-corrected chi connectivity index (χ1v) is 3.71. The normalized spacial score (nSPS) is 10.5. The molecule has 2 N–H and O–H groups in total. The van der Waals surface area contributed by atoms with Crippen molar-refractivity contribution in [1.29, 1.82) is 0 Å². The predicted molar refractivity (Wildman–Crippen MR) is 31.2 cm³/mol. The van der Waals surface area contributed by atoms with Crippen LogP contribution in [-0.4, -0.2) is 8.42 Å². The Labute approximate surface area is 82.2 Å². The van der Waals surface area contributed by atoms with Gasteiger partial charge in [0.05, 0.1) is 6.26 Å². The molecule has 0 fully saturated rings. The fourth-order valence-corrected chi connectivity index (χ4v) is 0.883. The molecule has 0 amide bonds. The first-order valence-electron chi connectivity index (χ1n) is 2.17. The summed E-state index contributed by atoms with van der Waals surface area (Å²) in [7, 11) is -3.63. The third-order valence-electron chi connectivity index (χ3n) is 0.775. The van der Waals surface area contributed by atoms with E-state index in [2.05, 4.69) is 9.56 Å². The molecule has 10 heavy (non-hydrogen) atoms. The summed E-state index contributed by atoms with van der Waals surface area (Å²) in [5, 5.41) is 4.47. The Balaban J connectivity index is 0. The van der Waals surface area contributed by atoms with Crippen LogP contribution in [0.25, 0.3) is 0 Å². The van der Waals surface area contributed by atoms with E-state index in [-0.39, 0.29) is 36.1 Å². The molecule has 1 rings (SSSR count). The zero-order chi connectivity index (χ0) is 6.91. The van der Waals surface area contributed by atoms with E-state index in [1.807, 2.05) is 0 Å². The zero-order valence-electron chi connectivity index (χ0n) is 6.44. The van der Waals surface area contributed by atoms with Gasteiger partial charge in [0.1, 0.15) is 0 Å². The smallest absolute Gasteiger partial charge is 1.00 e. The van der Waals surface area contributed by atoms with Gasteiger partial charge in [-0.1, -0.05) is 0 Å². The van der Waals surface area contributed by atoms with E-state index in [1.165, 1.54) is 18.4 Å². The van der Waals surface area contributed by atoms with Gasteiger partial charge in [-0.3, -0.25) is 0 Å². The van der Waals surface area contributed by atoms with Crippen molar-refractivity contribution in [2.75, 3.05) is 0 Å². The third kappa shape index (κ3) is 2.43. The fraction of sp³-hybridized carbons (Fsp3) is 0. The van der Waals surface area contributed by atoms with Crippen LogP contribution in [0.3, 0.4) is 0 Å². The Morgan fingerprint density at radius 3 is 2.40 bits per heavy atom. The molecule has 0 atom stereocenters. The molecule has 6 heteroatoms. The van der Waals surface area contributed by atoms with Gasteiger partial charge in [0, 0.05) is 0 Å². The minimum absolute atomic E-state index is 0. The number of hydrogen-bond acceptors (Lipinski definition) is 3. The van der Waals surface area contributed by atoms with Gasteiger partial charge in [0.25, 0.3) is 10.0 Å². The van der Waals surface area contributed by atoms with E-state index in [9.17, 15) is 8.42 Å². The topological polar surface area (TPSA) is 73.3 Å². The summed E-state index contributed by atoms with van der Waals surface area (Å²) in [5.74, 6) is 0. The summed E-state index contributed by atoms with van der Waals surface area (Å²) >= 11 is 0. The molecule has 0 aliphatic heterocycles. The SMILES string of the molecule is NS(=O)(=O)c1ccco1.[H-].[Na+]. The molecule has 0 saturated heterocycles. The number of hydrogen-bond donors (Lipinski definition) is 1. The number of nitrogens with two attached hydrogens (primary N) is 1. The second kappa shape index (κ2) is 3.54. The maximum Gasteiger partial charge on any atom is 1.00 e. The minimum atomic E-state index is -3.63. The van der Waals surface area contributed by atoms with Gasteiger partial charge >= 0.3 is 29.6 Å². The van der Waals surface area contributed by atoms with Gasteiger partial charge in [-0.25, -0.2) is 13.6 Å². The molecule has 1 aromatic heterocycles. The number of rotatable bonds is 1. The van der Waals surface area contributed by atoms with Crippen molar-refractivity contribution in [2.45, 2.75) is 5.09 Å². The fourth-order valence-electron chi connectivity index (χ4n) is 0.425. The summed E-state index contributed by atoms with van der Waals surface area (Å²) in [6.07, 6.45) is 1.25. The van der Waals surface area contributed by atoms with Crippen molar-refractivity contribution in [1.82, 2.24) is 0 Å². The van der Waals surface area contributed by atoms with Gasteiger partial charge in [-0.05, 0) is 12.1 Å². The van der Waals surface area contributed by atoms with Crippen molar-refractivity contribution < 1.29 is 43.8 Å². The van der Waals surface area contributed by atoms with Gasteiger partial charge < -0.3 is 5.84 Å². The average molecular weight is 171 g/mol. The molecular formula is C4H6NNaO3S. The second-order valence-corrected chi connectivity index (χ2v) is 2.97. The molecule has 0 bridgehead atoms. The molecule has 0 spiro atoms. The van der Waals surface area contributed by atoms with Crippen LogP contribution >= 0.6 is 0 Å². The van der Waals surface area contributed by atoms with E-state index in [1.54, 1.807) is 0 Å². The predicted octanol–water partition coefficient (Wildman–Crippen LogP) is -2.96. The van der Waals surface area contributed by atoms with Crippen molar-refractivity contribution in [3.8, 4) is 0 Å². The Morgan fingerprint density at radius 1 is 1.60 bits per heavy atom. The maximum atomic E-state index is 10.4. The summed E-state index contributed by atoms with van der Waals surface area (Å²) < 4.78 is 25.2. The van der Waals surface area contributed by atoms with E-state index < -0.39 is 10.0 Å². The average Bonchev–Trinajstić information content (AvgIpc) is 2.08. The summed E-state index contributed by atoms with van der Waals surface area (Å²) in [4.78, 5) is 0. The van der Waals surface area contributed by atoms with Crippen LogP contribution in [0.2, 0.25) is 0 Å². The Hall–Kier alpha value is 0.190. The molecule has 1 heterocycles. The van der Waals surface area contributed by atoms with Crippen molar-refractivity contribution >= 4 is 10.0 Å². The number of furan rings is 1. The Bertz CT molecular complexity index is 282. The van der Waals surface area contributed by atoms with Gasteiger partial charge in [-0.15, -0.1) is 0 Å².